The monoisotopic (exact) mass is 250 g/mol. The summed E-state index contributed by atoms with van der Waals surface area (Å²) < 4.78 is 5.45. The maximum Gasteiger partial charge on any atom is 0.142 e. The van der Waals surface area contributed by atoms with Crippen LogP contribution in [-0.4, -0.2) is 27.2 Å². The lowest BCUT2D eigenvalue weighted by molar-refractivity contribution is 0.415. The molecule has 0 aliphatic carbocycles. The summed E-state index contributed by atoms with van der Waals surface area (Å²) in [6, 6.07) is 4.26. The molecule has 1 atom stereocenters. The van der Waals surface area contributed by atoms with Crippen LogP contribution in [0.3, 0.4) is 0 Å². The molecule has 0 radical (unpaired) electrons. The maximum atomic E-state index is 5.45. The minimum atomic E-state index is 0.639. The number of hydrogen-bond acceptors (Lipinski definition) is 3. The second-order valence-electron chi connectivity index (χ2n) is 4.87. The minimum absolute atomic E-state index is 0.639. The summed E-state index contributed by atoms with van der Waals surface area (Å²) >= 11 is 0. The molecule has 1 rings (SSSR count). The fourth-order valence-electron chi connectivity index (χ4n) is 2.21. The van der Waals surface area contributed by atoms with Crippen molar-refractivity contribution in [2.75, 3.05) is 32.6 Å². The Morgan fingerprint density at radius 2 is 1.94 bits per heavy atom. The molecule has 0 heterocycles. The zero-order valence-electron chi connectivity index (χ0n) is 12.3. The Balaban J connectivity index is 2.77. The first-order valence-electron chi connectivity index (χ1n) is 6.66. The number of rotatable bonds is 7. The van der Waals surface area contributed by atoms with Crippen molar-refractivity contribution in [3.05, 3.63) is 23.3 Å². The molecule has 0 aliphatic rings. The molecule has 0 fully saturated rings. The molecular formula is C15H26N2O. The molecule has 102 valence electrons. The highest BCUT2D eigenvalue weighted by atomic mass is 16.5. The summed E-state index contributed by atoms with van der Waals surface area (Å²) in [4.78, 5) is 0. The zero-order chi connectivity index (χ0) is 13.5. The van der Waals surface area contributed by atoms with Crippen LogP contribution < -0.4 is 15.4 Å². The van der Waals surface area contributed by atoms with E-state index in [-0.39, 0.29) is 0 Å². The van der Waals surface area contributed by atoms with E-state index < -0.39 is 0 Å². The molecule has 0 bridgehead atoms. The van der Waals surface area contributed by atoms with Crippen LogP contribution in [0.4, 0.5) is 5.69 Å². The fourth-order valence-corrected chi connectivity index (χ4v) is 2.21. The van der Waals surface area contributed by atoms with E-state index in [0.29, 0.717) is 5.92 Å². The number of anilines is 1. The van der Waals surface area contributed by atoms with Gasteiger partial charge in [0.05, 0.1) is 12.8 Å². The molecule has 3 heteroatoms. The van der Waals surface area contributed by atoms with Crippen LogP contribution >= 0.6 is 0 Å². The first-order valence-corrected chi connectivity index (χ1v) is 6.66. The van der Waals surface area contributed by atoms with Crippen LogP contribution in [0.15, 0.2) is 12.1 Å². The Labute approximate surface area is 111 Å². The first-order chi connectivity index (χ1) is 8.62. The molecule has 0 amide bonds. The van der Waals surface area contributed by atoms with Crippen LogP contribution in [0.25, 0.3) is 0 Å². The number of benzene rings is 1. The van der Waals surface area contributed by atoms with Gasteiger partial charge in [-0.05, 0) is 50.6 Å². The molecule has 18 heavy (non-hydrogen) atoms. The Hall–Kier alpha value is -1.22. The van der Waals surface area contributed by atoms with Crippen molar-refractivity contribution in [2.24, 2.45) is 5.92 Å². The van der Waals surface area contributed by atoms with E-state index in [1.165, 1.54) is 17.5 Å². The van der Waals surface area contributed by atoms with Crippen molar-refractivity contribution in [3.63, 3.8) is 0 Å². The van der Waals surface area contributed by atoms with Crippen LogP contribution in [0.2, 0.25) is 0 Å². The summed E-state index contributed by atoms with van der Waals surface area (Å²) in [5, 5.41) is 6.77. The normalized spacial score (nSPS) is 12.3. The molecule has 0 aromatic heterocycles. The highest BCUT2D eigenvalue weighted by molar-refractivity contribution is 5.63. The van der Waals surface area contributed by atoms with Gasteiger partial charge in [0.15, 0.2) is 0 Å². The standard InChI is InChI=1S/C15H26N2O/c1-6-13(9-16-4)10-17-15-12(3)7-11(2)8-14(15)18-5/h7-8,13,16-17H,6,9-10H2,1-5H3. The Morgan fingerprint density at radius 3 is 2.50 bits per heavy atom. The summed E-state index contributed by atoms with van der Waals surface area (Å²) in [6.45, 7) is 8.45. The lowest BCUT2D eigenvalue weighted by atomic mass is 10.1. The third-order valence-corrected chi connectivity index (χ3v) is 3.30. The molecule has 0 saturated carbocycles. The zero-order valence-corrected chi connectivity index (χ0v) is 12.3. The predicted octanol–water partition coefficient (Wildman–Crippen LogP) is 2.97. The van der Waals surface area contributed by atoms with Crippen molar-refractivity contribution in [1.82, 2.24) is 5.32 Å². The lowest BCUT2D eigenvalue weighted by Gasteiger charge is -2.19. The van der Waals surface area contributed by atoms with Crippen molar-refractivity contribution < 1.29 is 4.74 Å². The van der Waals surface area contributed by atoms with Crippen molar-refractivity contribution >= 4 is 5.69 Å². The molecule has 0 aliphatic heterocycles. The topological polar surface area (TPSA) is 33.3 Å². The van der Waals surface area contributed by atoms with Crippen LogP contribution in [0.5, 0.6) is 5.75 Å². The van der Waals surface area contributed by atoms with Gasteiger partial charge in [0.25, 0.3) is 0 Å². The number of nitrogens with one attached hydrogen (secondary N) is 2. The van der Waals surface area contributed by atoms with E-state index in [9.17, 15) is 0 Å². The van der Waals surface area contributed by atoms with Gasteiger partial charge < -0.3 is 15.4 Å². The summed E-state index contributed by atoms with van der Waals surface area (Å²) in [5.41, 5.74) is 3.60. The summed E-state index contributed by atoms with van der Waals surface area (Å²) in [7, 11) is 3.73. The second-order valence-corrected chi connectivity index (χ2v) is 4.87. The minimum Gasteiger partial charge on any atom is -0.495 e. The van der Waals surface area contributed by atoms with E-state index in [1.54, 1.807) is 7.11 Å². The SMILES string of the molecule is CCC(CNC)CNc1c(C)cc(C)cc1OC. The molecule has 3 nitrogen and oxygen atoms in total. The molecule has 1 aromatic rings. The van der Waals surface area contributed by atoms with Crippen molar-refractivity contribution in [3.8, 4) is 5.75 Å². The maximum absolute atomic E-state index is 5.45. The van der Waals surface area contributed by atoms with Crippen molar-refractivity contribution in [2.45, 2.75) is 27.2 Å². The third-order valence-electron chi connectivity index (χ3n) is 3.30. The molecule has 0 saturated heterocycles. The van der Waals surface area contributed by atoms with Crippen LogP contribution in [0, 0.1) is 19.8 Å². The Bertz CT molecular complexity index is 377. The van der Waals surface area contributed by atoms with Crippen LogP contribution in [0.1, 0.15) is 24.5 Å². The van der Waals surface area contributed by atoms with Gasteiger partial charge in [0.2, 0.25) is 0 Å². The fraction of sp³-hybridized carbons (Fsp3) is 0.600. The van der Waals surface area contributed by atoms with Gasteiger partial charge in [-0.15, -0.1) is 0 Å². The molecule has 1 unspecified atom stereocenters. The highest BCUT2D eigenvalue weighted by Crippen LogP contribution is 2.29. The quantitative estimate of drug-likeness (QED) is 0.780. The summed E-state index contributed by atoms with van der Waals surface area (Å²) in [6.07, 6.45) is 1.17. The lowest BCUT2D eigenvalue weighted by Crippen LogP contribution is -2.25. The third kappa shape index (κ3) is 3.91. The number of hydrogen-bond donors (Lipinski definition) is 2. The largest absolute Gasteiger partial charge is 0.495 e. The number of aryl methyl sites for hydroxylation is 2. The molecule has 0 spiro atoms. The van der Waals surface area contributed by atoms with Gasteiger partial charge in [0, 0.05) is 6.54 Å². The van der Waals surface area contributed by atoms with Gasteiger partial charge in [-0.1, -0.05) is 19.4 Å². The first kappa shape index (κ1) is 14.8. The highest BCUT2D eigenvalue weighted by Gasteiger charge is 2.10. The van der Waals surface area contributed by atoms with Gasteiger partial charge in [-0.3, -0.25) is 0 Å². The smallest absolute Gasteiger partial charge is 0.142 e. The number of ether oxygens (including phenoxy) is 1. The second kappa shape index (κ2) is 7.27. The number of methoxy groups -OCH3 is 1. The van der Waals surface area contributed by atoms with E-state index in [2.05, 4.69) is 43.5 Å². The average Bonchev–Trinajstić information content (AvgIpc) is 2.35. The Morgan fingerprint density at radius 1 is 1.22 bits per heavy atom. The van der Waals surface area contributed by atoms with Gasteiger partial charge in [-0.2, -0.15) is 0 Å². The van der Waals surface area contributed by atoms with Crippen LogP contribution in [-0.2, 0) is 0 Å². The molecule has 2 N–H and O–H groups in total. The predicted molar refractivity (Wildman–Crippen MR) is 78.7 cm³/mol. The Kier molecular flexibility index (Phi) is 5.99. The summed E-state index contributed by atoms with van der Waals surface area (Å²) in [5.74, 6) is 1.58. The van der Waals surface area contributed by atoms with E-state index in [4.69, 9.17) is 4.74 Å². The van der Waals surface area contributed by atoms with E-state index in [1.807, 2.05) is 7.05 Å². The van der Waals surface area contributed by atoms with Gasteiger partial charge >= 0.3 is 0 Å². The van der Waals surface area contributed by atoms with Crippen molar-refractivity contribution in [1.29, 1.82) is 0 Å². The van der Waals surface area contributed by atoms with Gasteiger partial charge in [0.1, 0.15) is 5.75 Å². The van der Waals surface area contributed by atoms with E-state index >= 15 is 0 Å². The van der Waals surface area contributed by atoms with E-state index in [0.717, 1.165) is 24.5 Å². The molecule has 1 aromatic carbocycles. The molecular weight excluding hydrogens is 224 g/mol. The van der Waals surface area contributed by atoms with Gasteiger partial charge in [-0.25, -0.2) is 0 Å². The average molecular weight is 250 g/mol.